The van der Waals surface area contributed by atoms with E-state index in [-0.39, 0.29) is 6.04 Å². The zero-order chi connectivity index (χ0) is 14.8. The third-order valence-corrected chi connectivity index (χ3v) is 6.18. The smallest absolute Gasteiger partial charge is 0.151 e. The van der Waals surface area contributed by atoms with E-state index in [4.69, 9.17) is 0 Å². The van der Waals surface area contributed by atoms with Crippen LogP contribution in [-0.2, 0) is 16.3 Å². The lowest BCUT2D eigenvalue weighted by Gasteiger charge is -2.22. The Bertz CT molecular complexity index is 646. The van der Waals surface area contributed by atoms with Gasteiger partial charge in [-0.1, -0.05) is 19.1 Å². The van der Waals surface area contributed by atoms with Gasteiger partial charge in [0.15, 0.2) is 9.84 Å². The molecule has 1 aromatic carbocycles. The molecule has 110 valence electrons. The molecule has 0 amide bonds. The molecule has 20 heavy (non-hydrogen) atoms. The lowest BCUT2D eigenvalue weighted by atomic mass is 10.1. The predicted molar refractivity (Wildman–Crippen MR) is 85.1 cm³/mol. The minimum Gasteiger partial charge on any atom is -0.313 e. The molecule has 2 rings (SSSR count). The number of aromatic nitrogens is 1. The zero-order valence-electron chi connectivity index (χ0n) is 12.0. The molecule has 2 atom stereocenters. The predicted octanol–water partition coefficient (Wildman–Crippen LogP) is 2.25. The van der Waals surface area contributed by atoms with Crippen LogP contribution in [-0.4, -0.2) is 37.5 Å². The lowest BCUT2D eigenvalue weighted by molar-refractivity contribution is 0.493. The largest absolute Gasteiger partial charge is 0.313 e. The maximum atomic E-state index is 11.8. The zero-order valence-corrected chi connectivity index (χ0v) is 13.6. The van der Waals surface area contributed by atoms with Gasteiger partial charge in [0.25, 0.3) is 0 Å². The second kappa shape index (κ2) is 6.20. The van der Waals surface area contributed by atoms with Gasteiger partial charge in [0.1, 0.15) is 0 Å². The molecule has 0 fully saturated rings. The maximum Gasteiger partial charge on any atom is 0.151 e. The van der Waals surface area contributed by atoms with Gasteiger partial charge in [-0.05, 0) is 25.6 Å². The highest BCUT2D eigenvalue weighted by atomic mass is 32.2. The third kappa shape index (κ3) is 3.56. The van der Waals surface area contributed by atoms with Crippen LogP contribution in [0, 0.1) is 0 Å². The molecule has 0 radical (unpaired) electrons. The molecule has 4 nitrogen and oxygen atoms in total. The Morgan fingerprint density at radius 2 is 2.05 bits per heavy atom. The minimum absolute atomic E-state index is 0.101. The highest BCUT2D eigenvalue weighted by molar-refractivity contribution is 7.91. The van der Waals surface area contributed by atoms with Crippen LogP contribution in [0.5, 0.6) is 0 Å². The Labute approximate surface area is 124 Å². The van der Waals surface area contributed by atoms with Crippen molar-refractivity contribution < 1.29 is 8.42 Å². The van der Waals surface area contributed by atoms with Crippen LogP contribution in [0.15, 0.2) is 24.3 Å². The summed E-state index contributed by atoms with van der Waals surface area (Å²) in [7, 11) is -3.06. The molecule has 1 heterocycles. The molecule has 2 unspecified atom stereocenters. The van der Waals surface area contributed by atoms with E-state index in [0.29, 0.717) is 6.42 Å². The molecule has 0 aliphatic rings. The van der Waals surface area contributed by atoms with Crippen molar-refractivity contribution in [2.45, 2.75) is 31.6 Å². The van der Waals surface area contributed by atoms with Gasteiger partial charge in [0.2, 0.25) is 0 Å². The molecule has 2 aromatic rings. The fourth-order valence-corrected chi connectivity index (χ4v) is 3.97. The summed E-state index contributed by atoms with van der Waals surface area (Å²) < 4.78 is 24.6. The van der Waals surface area contributed by atoms with Crippen LogP contribution in [0.25, 0.3) is 10.2 Å². The fourth-order valence-electron chi connectivity index (χ4n) is 2.16. The van der Waals surface area contributed by atoms with E-state index in [1.165, 1.54) is 6.26 Å². The van der Waals surface area contributed by atoms with Gasteiger partial charge in [-0.25, -0.2) is 13.4 Å². The first-order chi connectivity index (χ1) is 9.41. The molecule has 0 aliphatic heterocycles. The minimum atomic E-state index is -3.06. The second-order valence-electron chi connectivity index (χ2n) is 4.98. The monoisotopic (exact) mass is 312 g/mol. The van der Waals surface area contributed by atoms with Gasteiger partial charge < -0.3 is 5.32 Å². The Balaban J connectivity index is 2.23. The molecular formula is C14H20N2O2S2. The summed E-state index contributed by atoms with van der Waals surface area (Å²) in [6.45, 7) is 4.49. The van der Waals surface area contributed by atoms with Gasteiger partial charge >= 0.3 is 0 Å². The van der Waals surface area contributed by atoms with E-state index in [0.717, 1.165) is 21.8 Å². The van der Waals surface area contributed by atoms with Crippen LogP contribution >= 0.6 is 11.3 Å². The van der Waals surface area contributed by atoms with Crippen molar-refractivity contribution in [3.63, 3.8) is 0 Å². The fraction of sp³-hybridized carbons (Fsp3) is 0.500. The SMILES string of the molecule is CCNC(Cc1nc2ccccc2s1)C(C)S(C)(=O)=O. The first-order valence-electron chi connectivity index (χ1n) is 6.68. The van der Waals surface area contributed by atoms with E-state index in [1.807, 2.05) is 31.2 Å². The quantitative estimate of drug-likeness (QED) is 0.889. The van der Waals surface area contributed by atoms with Crippen molar-refractivity contribution >= 4 is 31.4 Å². The van der Waals surface area contributed by atoms with Gasteiger partial charge in [-0.15, -0.1) is 11.3 Å². The van der Waals surface area contributed by atoms with Crippen molar-refractivity contribution in [3.8, 4) is 0 Å². The van der Waals surface area contributed by atoms with Crippen LogP contribution in [0.4, 0.5) is 0 Å². The highest BCUT2D eigenvalue weighted by Crippen LogP contribution is 2.23. The Morgan fingerprint density at radius 1 is 1.35 bits per heavy atom. The average Bonchev–Trinajstić information content (AvgIpc) is 2.78. The van der Waals surface area contributed by atoms with Gasteiger partial charge in [-0.3, -0.25) is 0 Å². The Morgan fingerprint density at radius 3 is 2.65 bits per heavy atom. The summed E-state index contributed by atoms with van der Waals surface area (Å²) in [5, 5.41) is 3.83. The van der Waals surface area contributed by atoms with Crippen molar-refractivity contribution in [1.29, 1.82) is 0 Å². The lowest BCUT2D eigenvalue weighted by Crippen LogP contribution is -2.43. The van der Waals surface area contributed by atoms with Crippen LogP contribution in [0.1, 0.15) is 18.9 Å². The number of sulfone groups is 1. The Kier molecular flexibility index (Phi) is 4.78. The van der Waals surface area contributed by atoms with Crippen LogP contribution < -0.4 is 5.32 Å². The number of fused-ring (bicyclic) bond motifs is 1. The third-order valence-electron chi connectivity index (χ3n) is 3.44. The van der Waals surface area contributed by atoms with Gasteiger partial charge in [-0.2, -0.15) is 0 Å². The summed E-state index contributed by atoms with van der Waals surface area (Å²) in [4.78, 5) is 4.58. The van der Waals surface area contributed by atoms with Crippen LogP contribution in [0.3, 0.4) is 0 Å². The van der Waals surface area contributed by atoms with Crippen LogP contribution in [0.2, 0.25) is 0 Å². The molecule has 0 saturated heterocycles. The molecular weight excluding hydrogens is 292 g/mol. The second-order valence-corrected chi connectivity index (χ2v) is 8.50. The first-order valence-corrected chi connectivity index (χ1v) is 9.45. The molecule has 1 N–H and O–H groups in total. The number of rotatable bonds is 6. The summed E-state index contributed by atoms with van der Waals surface area (Å²) in [5.74, 6) is 0. The molecule has 0 saturated carbocycles. The number of hydrogen-bond donors (Lipinski definition) is 1. The number of benzene rings is 1. The molecule has 0 spiro atoms. The average molecular weight is 312 g/mol. The van der Waals surface area contributed by atoms with Crippen molar-refractivity contribution in [2.75, 3.05) is 12.8 Å². The topological polar surface area (TPSA) is 59.1 Å². The van der Waals surface area contributed by atoms with E-state index >= 15 is 0 Å². The van der Waals surface area contributed by atoms with Crippen molar-refractivity contribution in [2.24, 2.45) is 0 Å². The maximum absolute atomic E-state index is 11.8. The van der Waals surface area contributed by atoms with E-state index < -0.39 is 15.1 Å². The number of hydrogen-bond acceptors (Lipinski definition) is 5. The molecule has 6 heteroatoms. The highest BCUT2D eigenvalue weighted by Gasteiger charge is 2.26. The molecule has 1 aromatic heterocycles. The summed E-state index contributed by atoms with van der Waals surface area (Å²) >= 11 is 1.63. The summed E-state index contributed by atoms with van der Waals surface area (Å²) in [6.07, 6.45) is 1.93. The number of thiazole rings is 1. The first kappa shape index (κ1) is 15.4. The van der Waals surface area contributed by atoms with E-state index in [1.54, 1.807) is 18.3 Å². The van der Waals surface area contributed by atoms with Gasteiger partial charge in [0, 0.05) is 18.7 Å². The van der Waals surface area contributed by atoms with Crippen molar-refractivity contribution in [3.05, 3.63) is 29.3 Å². The summed E-state index contributed by atoms with van der Waals surface area (Å²) in [5.41, 5.74) is 0.981. The van der Waals surface area contributed by atoms with E-state index in [2.05, 4.69) is 10.3 Å². The number of likely N-dealkylation sites (N-methyl/N-ethyl adjacent to an activating group) is 1. The normalized spacial score (nSPS) is 15.3. The standard InChI is InChI=1S/C14H20N2O2S2/c1-4-15-12(10(2)20(3,17)18)9-14-16-11-7-5-6-8-13(11)19-14/h5-8,10,12,15H,4,9H2,1-3H3. The number of nitrogens with one attached hydrogen (secondary N) is 1. The number of nitrogens with zero attached hydrogens (tertiary/aromatic N) is 1. The van der Waals surface area contributed by atoms with Crippen molar-refractivity contribution in [1.82, 2.24) is 10.3 Å². The van der Waals surface area contributed by atoms with Gasteiger partial charge in [0.05, 0.1) is 20.5 Å². The van der Waals surface area contributed by atoms with E-state index in [9.17, 15) is 8.42 Å². The Hall–Kier alpha value is -0.980. The summed E-state index contributed by atoms with van der Waals surface area (Å²) in [6, 6.07) is 7.88. The molecule has 0 aliphatic carbocycles. The number of para-hydroxylation sites is 1. The molecule has 0 bridgehead atoms.